The fourth-order valence-electron chi connectivity index (χ4n) is 2.36. The third-order valence-electron chi connectivity index (χ3n) is 3.48. The smallest absolute Gasteiger partial charge is 0.318 e. The first-order valence-electron chi connectivity index (χ1n) is 6.77. The molecular weight excluding hydrogens is 289 g/mol. The number of benzene rings is 1. The fraction of sp³-hybridized carbons (Fsp3) is 0.312. The van der Waals surface area contributed by atoms with E-state index in [-0.39, 0.29) is 19.0 Å². The highest BCUT2D eigenvalue weighted by atomic mass is 32.1. The number of rotatable bonds is 6. The van der Waals surface area contributed by atoms with Gasteiger partial charge in [0.25, 0.3) is 0 Å². The molecule has 0 bridgehead atoms. The summed E-state index contributed by atoms with van der Waals surface area (Å²) in [5, 5.41) is 3.90. The zero-order chi connectivity index (χ0) is 15.3. The van der Waals surface area contributed by atoms with E-state index in [1.165, 1.54) is 12.1 Å². The first-order chi connectivity index (χ1) is 10.1. The lowest BCUT2D eigenvalue weighted by Gasteiger charge is -2.30. The summed E-state index contributed by atoms with van der Waals surface area (Å²) >= 11 is 1.55. The Labute approximate surface area is 127 Å². The van der Waals surface area contributed by atoms with Gasteiger partial charge >= 0.3 is 5.97 Å². The predicted octanol–water partition coefficient (Wildman–Crippen LogP) is 2.89. The molecule has 21 heavy (non-hydrogen) atoms. The van der Waals surface area contributed by atoms with Crippen molar-refractivity contribution in [2.75, 3.05) is 13.2 Å². The zero-order valence-electron chi connectivity index (χ0n) is 11.8. The Morgan fingerprint density at radius 3 is 2.81 bits per heavy atom. The van der Waals surface area contributed by atoms with Crippen LogP contribution in [0.2, 0.25) is 0 Å². The van der Waals surface area contributed by atoms with Crippen molar-refractivity contribution in [2.45, 2.75) is 18.8 Å². The predicted molar refractivity (Wildman–Crippen MR) is 81.8 cm³/mol. The first-order valence-corrected chi connectivity index (χ1v) is 7.71. The van der Waals surface area contributed by atoms with Crippen molar-refractivity contribution < 1.29 is 13.9 Å². The molecule has 1 aromatic carbocycles. The average molecular weight is 307 g/mol. The highest BCUT2D eigenvalue weighted by molar-refractivity contribution is 7.07. The van der Waals surface area contributed by atoms with E-state index in [9.17, 15) is 9.18 Å². The Morgan fingerprint density at radius 1 is 1.43 bits per heavy atom. The maximum atomic E-state index is 13.6. The molecule has 3 nitrogen and oxygen atoms in total. The number of carbonyl (C=O) groups is 1. The molecule has 2 N–H and O–H groups in total. The number of thiophene rings is 1. The highest BCUT2D eigenvalue weighted by Gasteiger charge is 2.41. The van der Waals surface area contributed by atoms with Gasteiger partial charge in [-0.2, -0.15) is 11.3 Å². The molecule has 0 radical (unpaired) electrons. The molecule has 0 aliphatic carbocycles. The van der Waals surface area contributed by atoms with E-state index in [0.29, 0.717) is 12.0 Å². The summed E-state index contributed by atoms with van der Waals surface area (Å²) in [6.45, 7) is 2.07. The van der Waals surface area contributed by atoms with Gasteiger partial charge in [0.05, 0.1) is 6.61 Å². The lowest BCUT2D eigenvalue weighted by molar-refractivity contribution is -0.149. The molecule has 0 saturated heterocycles. The van der Waals surface area contributed by atoms with Gasteiger partial charge < -0.3 is 10.5 Å². The fourth-order valence-corrected chi connectivity index (χ4v) is 3.03. The average Bonchev–Trinajstić information content (AvgIpc) is 2.98. The molecule has 0 saturated carbocycles. The van der Waals surface area contributed by atoms with Gasteiger partial charge in [-0.05, 0) is 53.4 Å². The maximum Gasteiger partial charge on any atom is 0.318 e. The molecule has 0 spiro atoms. The molecule has 1 heterocycles. The topological polar surface area (TPSA) is 52.3 Å². The number of hydrogen-bond acceptors (Lipinski definition) is 4. The lowest BCUT2D eigenvalue weighted by atomic mass is 9.76. The van der Waals surface area contributed by atoms with Crippen LogP contribution in [0, 0.1) is 5.82 Å². The Kier molecular flexibility index (Phi) is 5.09. The first kappa shape index (κ1) is 15.7. The molecule has 1 aromatic heterocycles. The van der Waals surface area contributed by atoms with Gasteiger partial charge in [-0.25, -0.2) is 4.39 Å². The van der Waals surface area contributed by atoms with Crippen LogP contribution in [-0.4, -0.2) is 19.1 Å². The summed E-state index contributed by atoms with van der Waals surface area (Å²) in [6, 6.07) is 7.95. The molecule has 2 aromatic rings. The third-order valence-corrected chi connectivity index (χ3v) is 4.21. The molecule has 0 aliphatic heterocycles. The monoisotopic (exact) mass is 307 g/mol. The van der Waals surface area contributed by atoms with Crippen LogP contribution < -0.4 is 5.73 Å². The second-order valence-corrected chi connectivity index (χ2v) is 5.61. The summed E-state index contributed by atoms with van der Waals surface area (Å²) in [5.41, 5.74) is 6.40. The van der Waals surface area contributed by atoms with E-state index >= 15 is 0 Å². The summed E-state index contributed by atoms with van der Waals surface area (Å²) in [6.07, 6.45) is 0.398. The normalized spacial score (nSPS) is 13.7. The number of ether oxygens (including phenoxy) is 1. The molecule has 2 rings (SSSR count). The lowest BCUT2D eigenvalue weighted by Crippen LogP contribution is -2.46. The zero-order valence-corrected chi connectivity index (χ0v) is 12.7. The summed E-state index contributed by atoms with van der Waals surface area (Å²) in [5.74, 6) is -0.802. The highest BCUT2D eigenvalue weighted by Crippen LogP contribution is 2.30. The molecule has 5 heteroatoms. The minimum Gasteiger partial charge on any atom is -0.465 e. The van der Waals surface area contributed by atoms with Gasteiger partial charge in [-0.15, -0.1) is 0 Å². The molecule has 1 atom stereocenters. The van der Waals surface area contributed by atoms with Crippen LogP contribution in [0.3, 0.4) is 0 Å². The van der Waals surface area contributed by atoms with Crippen LogP contribution in [0.15, 0.2) is 41.1 Å². The van der Waals surface area contributed by atoms with Crippen molar-refractivity contribution >= 4 is 17.3 Å². The van der Waals surface area contributed by atoms with Crippen LogP contribution in [0.4, 0.5) is 4.39 Å². The van der Waals surface area contributed by atoms with Crippen molar-refractivity contribution in [3.8, 4) is 0 Å². The van der Waals surface area contributed by atoms with E-state index in [0.717, 1.165) is 5.56 Å². The largest absolute Gasteiger partial charge is 0.465 e. The van der Waals surface area contributed by atoms with Crippen molar-refractivity contribution in [3.05, 3.63) is 58.0 Å². The van der Waals surface area contributed by atoms with Gasteiger partial charge in [-0.3, -0.25) is 4.79 Å². The number of hydrogen-bond donors (Lipinski definition) is 1. The molecule has 0 fully saturated rings. The van der Waals surface area contributed by atoms with Crippen LogP contribution in [0.1, 0.15) is 18.1 Å². The van der Waals surface area contributed by atoms with Gasteiger partial charge in [-0.1, -0.05) is 12.1 Å². The van der Waals surface area contributed by atoms with E-state index in [1.807, 2.05) is 16.8 Å². The SMILES string of the molecule is CCOC(=O)C(CN)(Cc1ccsc1)c1cccc(F)c1. The number of esters is 1. The minimum absolute atomic E-state index is 0.0606. The van der Waals surface area contributed by atoms with Gasteiger partial charge in [0.1, 0.15) is 11.2 Å². The Morgan fingerprint density at radius 2 is 2.24 bits per heavy atom. The van der Waals surface area contributed by atoms with Crippen LogP contribution in [0.5, 0.6) is 0 Å². The van der Waals surface area contributed by atoms with Crippen LogP contribution in [-0.2, 0) is 21.4 Å². The maximum absolute atomic E-state index is 13.6. The van der Waals surface area contributed by atoms with Gasteiger partial charge in [0.15, 0.2) is 0 Å². The van der Waals surface area contributed by atoms with Crippen molar-refractivity contribution in [2.24, 2.45) is 5.73 Å². The van der Waals surface area contributed by atoms with E-state index in [4.69, 9.17) is 10.5 Å². The van der Waals surface area contributed by atoms with E-state index in [1.54, 1.807) is 30.4 Å². The Balaban J connectivity index is 2.47. The van der Waals surface area contributed by atoms with Gasteiger partial charge in [0, 0.05) is 6.54 Å². The summed E-state index contributed by atoms with van der Waals surface area (Å²) < 4.78 is 18.8. The number of nitrogens with two attached hydrogens (primary N) is 1. The molecule has 0 aliphatic rings. The van der Waals surface area contributed by atoms with Crippen molar-refractivity contribution in [1.82, 2.24) is 0 Å². The minimum atomic E-state index is -1.06. The van der Waals surface area contributed by atoms with Crippen LogP contribution >= 0.6 is 11.3 Å². The second kappa shape index (κ2) is 6.83. The van der Waals surface area contributed by atoms with E-state index in [2.05, 4.69) is 0 Å². The Bertz CT molecular complexity index is 600. The molecule has 112 valence electrons. The summed E-state index contributed by atoms with van der Waals surface area (Å²) in [4.78, 5) is 12.5. The Hall–Kier alpha value is -1.72. The molecular formula is C16H18FNO2S. The number of halogens is 1. The number of carbonyl (C=O) groups excluding carboxylic acids is 1. The van der Waals surface area contributed by atoms with Gasteiger partial charge in [0.2, 0.25) is 0 Å². The molecule has 0 amide bonds. The van der Waals surface area contributed by atoms with Crippen molar-refractivity contribution in [1.29, 1.82) is 0 Å². The van der Waals surface area contributed by atoms with E-state index < -0.39 is 11.4 Å². The third kappa shape index (κ3) is 3.31. The van der Waals surface area contributed by atoms with Crippen molar-refractivity contribution in [3.63, 3.8) is 0 Å². The standard InChI is InChI=1S/C16H18FNO2S/c1-2-20-15(19)16(11-18,9-12-6-7-21-10-12)13-4-3-5-14(17)8-13/h3-8,10H,2,9,11,18H2,1H3. The van der Waals surface area contributed by atoms with Crippen LogP contribution in [0.25, 0.3) is 0 Å². The summed E-state index contributed by atoms with van der Waals surface area (Å²) in [7, 11) is 0. The second-order valence-electron chi connectivity index (χ2n) is 4.83. The quantitative estimate of drug-likeness (QED) is 0.835. The molecule has 1 unspecified atom stereocenters.